The minimum Gasteiger partial charge on any atom is -0.475 e. The molecule has 0 saturated carbocycles. The van der Waals surface area contributed by atoms with Gasteiger partial charge < -0.3 is 19.9 Å². The Kier molecular flexibility index (Phi) is 4.87. The van der Waals surface area contributed by atoms with Crippen molar-refractivity contribution in [3.63, 3.8) is 0 Å². The van der Waals surface area contributed by atoms with Crippen LogP contribution in [0.4, 0.5) is 11.8 Å². The third kappa shape index (κ3) is 3.89. The van der Waals surface area contributed by atoms with Crippen molar-refractivity contribution in [1.29, 1.82) is 0 Å². The zero-order chi connectivity index (χ0) is 18.0. The number of aryl methyl sites for hydroxylation is 1. The Labute approximate surface area is 147 Å². The molecular weight excluding hydrogens is 320 g/mol. The lowest BCUT2D eigenvalue weighted by Gasteiger charge is -2.32. The van der Waals surface area contributed by atoms with Crippen molar-refractivity contribution in [3.05, 3.63) is 24.3 Å². The van der Waals surface area contributed by atoms with Gasteiger partial charge in [-0.15, -0.1) is 0 Å². The number of piperidine rings is 1. The summed E-state index contributed by atoms with van der Waals surface area (Å²) in [7, 11) is 1.83. The summed E-state index contributed by atoms with van der Waals surface area (Å²) in [5.74, 6) is 1.78. The summed E-state index contributed by atoms with van der Waals surface area (Å²) in [6.07, 6.45) is 5.19. The van der Waals surface area contributed by atoms with Crippen molar-refractivity contribution in [2.24, 2.45) is 13.0 Å². The van der Waals surface area contributed by atoms with Crippen LogP contribution in [-0.2, 0) is 7.05 Å². The van der Waals surface area contributed by atoms with Crippen molar-refractivity contribution in [1.82, 2.24) is 19.5 Å². The Morgan fingerprint density at radius 3 is 2.88 bits per heavy atom. The van der Waals surface area contributed by atoms with Gasteiger partial charge in [-0.25, -0.2) is 4.98 Å². The SMILES string of the molecule is CC(C)Oc1cc(N2CCC[C@@H](C(=O)c3nccn3C)C2)nc(N)n1. The number of hydrogen-bond donors (Lipinski definition) is 1. The number of nitrogen functional groups attached to an aromatic ring is 1. The minimum absolute atomic E-state index is 0.00116. The molecule has 1 fully saturated rings. The Morgan fingerprint density at radius 2 is 2.20 bits per heavy atom. The molecule has 0 amide bonds. The van der Waals surface area contributed by atoms with E-state index in [2.05, 4.69) is 19.9 Å². The van der Waals surface area contributed by atoms with E-state index in [0.29, 0.717) is 24.1 Å². The van der Waals surface area contributed by atoms with Gasteiger partial charge in [0.25, 0.3) is 0 Å². The number of nitrogens with two attached hydrogens (primary N) is 1. The van der Waals surface area contributed by atoms with Crippen LogP contribution in [0.15, 0.2) is 18.5 Å². The van der Waals surface area contributed by atoms with E-state index in [1.54, 1.807) is 23.0 Å². The zero-order valence-corrected chi connectivity index (χ0v) is 14.8. The number of ketones is 1. The highest BCUT2D eigenvalue weighted by molar-refractivity contribution is 5.95. The van der Waals surface area contributed by atoms with Crippen molar-refractivity contribution in [2.75, 3.05) is 23.7 Å². The number of rotatable bonds is 5. The van der Waals surface area contributed by atoms with Crippen LogP contribution in [0, 0.1) is 5.92 Å². The molecule has 0 bridgehead atoms. The molecule has 1 aliphatic rings. The fourth-order valence-corrected chi connectivity index (χ4v) is 3.08. The maximum absolute atomic E-state index is 12.7. The molecule has 2 aromatic rings. The third-order valence-electron chi connectivity index (χ3n) is 4.22. The van der Waals surface area contributed by atoms with E-state index in [-0.39, 0.29) is 23.8 Å². The molecule has 3 rings (SSSR count). The van der Waals surface area contributed by atoms with E-state index in [9.17, 15) is 4.79 Å². The number of Topliss-reactive ketones (excluding diaryl/α,β-unsaturated/α-hetero) is 1. The number of anilines is 2. The molecule has 0 aliphatic carbocycles. The summed E-state index contributed by atoms with van der Waals surface area (Å²) in [6, 6.07) is 1.78. The molecule has 8 nitrogen and oxygen atoms in total. The highest BCUT2D eigenvalue weighted by Gasteiger charge is 2.29. The lowest BCUT2D eigenvalue weighted by atomic mass is 9.93. The molecule has 1 saturated heterocycles. The molecule has 25 heavy (non-hydrogen) atoms. The second kappa shape index (κ2) is 7.08. The van der Waals surface area contributed by atoms with Gasteiger partial charge in [0, 0.05) is 44.5 Å². The predicted molar refractivity (Wildman–Crippen MR) is 94.7 cm³/mol. The van der Waals surface area contributed by atoms with E-state index in [1.165, 1.54) is 0 Å². The highest BCUT2D eigenvalue weighted by atomic mass is 16.5. The zero-order valence-electron chi connectivity index (χ0n) is 14.8. The van der Waals surface area contributed by atoms with Crippen LogP contribution in [0.25, 0.3) is 0 Å². The number of ether oxygens (including phenoxy) is 1. The van der Waals surface area contributed by atoms with Gasteiger partial charge in [0.15, 0.2) is 5.82 Å². The number of nitrogens with zero attached hydrogens (tertiary/aromatic N) is 5. The molecule has 0 unspecified atom stereocenters. The normalized spacial score (nSPS) is 17.8. The summed E-state index contributed by atoms with van der Waals surface area (Å²) < 4.78 is 7.40. The molecule has 3 heterocycles. The number of carbonyl (C=O) groups excluding carboxylic acids is 1. The first kappa shape index (κ1) is 17.2. The van der Waals surface area contributed by atoms with Crippen LogP contribution < -0.4 is 15.4 Å². The molecule has 8 heteroatoms. The van der Waals surface area contributed by atoms with Gasteiger partial charge in [-0.1, -0.05) is 0 Å². The second-order valence-corrected chi connectivity index (χ2v) is 6.60. The molecule has 0 spiro atoms. The molecule has 0 radical (unpaired) electrons. The Morgan fingerprint density at radius 1 is 1.40 bits per heavy atom. The van der Waals surface area contributed by atoms with Gasteiger partial charge in [-0.05, 0) is 26.7 Å². The van der Waals surface area contributed by atoms with Crippen LogP contribution >= 0.6 is 0 Å². The van der Waals surface area contributed by atoms with Gasteiger partial charge in [0.2, 0.25) is 17.6 Å². The van der Waals surface area contributed by atoms with Gasteiger partial charge >= 0.3 is 0 Å². The monoisotopic (exact) mass is 344 g/mol. The highest BCUT2D eigenvalue weighted by Crippen LogP contribution is 2.26. The third-order valence-corrected chi connectivity index (χ3v) is 4.22. The largest absolute Gasteiger partial charge is 0.475 e. The first-order valence-corrected chi connectivity index (χ1v) is 8.51. The van der Waals surface area contributed by atoms with Crippen molar-refractivity contribution in [3.8, 4) is 5.88 Å². The summed E-state index contributed by atoms with van der Waals surface area (Å²) in [6.45, 7) is 5.27. The second-order valence-electron chi connectivity index (χ2n) is 6.60. The van der Waals surface area contributed by atoms with E-state index in [1.807, 2.05) is 20.9 Å². The molecule has 0 aromatic carbocycles. The summed E-state index contributed by atoms with van der Waals surface area (Å²) in [4.78, 5) is 27.4. The van der Waals surface area contributed by atoms with Crippen LogP contribution in [0.5, 0.6) is 5.88 Å². The smallest absolute Gasteiger partial charge is 0.225 e. The van der Waals surface area contributed by atoms with E-state index in [4.69, 9.17) is 10.5 Å². The van der Waals surface area contributed by atoms with E-state index < -0.39 is 0 Å². The molecule has 2 aromatic heterocycles. The van der Waals surface area contributed by atoms with Crippen LogP contribution in [0.2, 0.25) is 0 Å². The van der Waals surface area contributed by atoms with Crippen molar-refractivity contribution < 1.29 is 9.53 Å². The first-order chi connectivity index (χ1) is 11.9. The summed E-state index contributed by atoms with van der Waals surface area (Å²) in [5, 5.41) is 0. The lowest BCUT2D eigenvalue weighted by Crippen LogP contribution is -2.40. The number of imidazole rings is 1. The Bertz CT molecular complexity index is 757. The van der Waals surface area contributed by atoms with Crippen molar-refractivity contribution in [2.45, 2.75) is 32.8 Å². The minimum atomic E-state index is -0.111. The molecule has 1 aliphatic heterocycles. The van der Waals surface area contributed by atoms with Gasteiger partial charge in [0.1, 0.15) is 5.82 Å². The summed E-state index contributed by atoms with van der Waals surface area (Å²) >= 11 is 0. The standard InChI is InChI=1S/C17H24N6O2/c1-11(2)25-14-9-13(20-17(18)21-14)23-7-4-5-12(10-23)15(24)16-19-6-8-22(16)3/h6,8-9,11-12H,4-5,7,10H2,1-3H3,(H2,18,20,21)/t12-/m1/s1. The Hall–Kier alpha value is -2.64. The van der Waals surface area contributed by atoms with E-state index in [0.717, 1.165) is 19.4 Å². The van der Waals surface area contributed by atoms with Crippen LogP contribution in [0.1, 0.15) is 37.3 Å². The quantitative estimate of drug-likeness (QED) is 0.824. The van der Waals surface area contributed by atoms with Gasteiger partial charge in [0.05, 0.1) is 6.10 Å². The fraction of sp³-hybridized carbons (Fsp3) is 0.529. The number of carbonyl (C=O) groups is 1. The van der Waals surface area contributed by atoms with Gasteiger partial charge in [-0.2, -0.15) is 9.97 Å². The van der Waals surface area contributed by atoms with E-state index >= 15 is 0 Å². The fourth-order valence-electron chi connectivity index (χ4n) is 3.08. The lowest BCUT2D eigenvalue weighted by molar-refractivity contribution is 0.0893. The van der Waals surface area contributed by atoms with Crippen LogP contribution in [0.3, 0.4) is 0 Å². The molecule has 134 valence electrons. The predicted octanol–water partition coefficient (Wildman–Crippen LogP) is 1.68. The molecular formula is C17H24N6O2. The Balaban J connectivity index is 1.78. The number of hydrogen-bond acceptors (Lipinski definition) is 7. The van der Waals surface area contributed by atoms with Crippen molar-refractivity contribution >= 4 is 17.5 Å². The number of aromatic nitrogens is 4. The maximum atomic E-state index is 12.7. The average Bonchev–Trinajstić information content (AvgIpc) is 2.99. The van der Waals surface area contributed by atoms with Gasteiger partial charge in [-0.3, -0.25) is 4.79 Å². The molecule has 2 N–H and O–H groups in total. The summed E-state index contributed by atoms with van der Waals surface area (Å²) in [5.41, 5.74) is 5.82. The molecule has 1 atom stereocenters. The average molecular weight is 344 g/mol. The maximum Gasteiger partial charge on any atom is 0.225 e. The topological polar surface area (TPSA) is 99.2 Å². The first-order valence-electron chi connectivity index (χ1n) is 8.51. The van der Waals surface area contributed by atoms with Crippen LogP contribution in [-0.4, -0.2) is 44.5 Å².